The van der Waals surface area contributed by atoms with Crippen LogP contribution in [0.1, 0.15) is 87.7 Å². The topological polar surface area (TPSA) is 183 Å². The van der Waals surface area contributed by atoms with E-state index >= 15 is 13.2 Å². The monoisotopic (exact) mass is 1710 g/mol. The predicted molar refractivity (Wildman–Crippen MR) is 439 cm³/mol. The third-order valence-corrected chi connectivity index (χ3v) is 21.2. The van der Waals surface area contributed by atoms with Crippen molar-refractivity contribution in [1.82, 2.24) is 0 Å². The van der Waals surface area contributed by atoms with E-state index < -0.39 is 170 Å². The maximum Gasteiger partial charge on any atom is 0.437 e. The van der Waals surface area contributed by atoms with Crippen LogP contribution in [-0.4, -0.2) is 51.0 Å². The number of anilines is 1. The fourth-order valence-electron chi connectivity index (χ4n) is 15.2. The van der Waals surface area contributed by atoms with Gasteiger partial charge in [0.25, 0.3) is 5.60 Å². The number of rotatable bonds is 28. The fraction of sp³-hybridized carbons (Fsp3) is 0.173. The molecule has 14 nitrogen and oxygen atoms in total. The number of fused-ring (bicyclic) bond motifs is 4. The molecule has 1 heterocycles. The molecule has 0 saturated heterocycles. The number of halogens is 13. The Morgan fingerprint density at radius 3 is 1.31 bits per heavy atom. The molecule has 0 saturated carbocycles. The molecule has 2 aliphatic rings. The van der Waals surface area contributed by atoms with Crippen LogP contribution in [0.4, 0.5) is 62.8 Å². The number of ether oxygens (including phenoxy) is 8. The number of nitrogens with zero attached hydrogens (tertiary/aromatic N) is 4. The standard InChI is InChI=1S/C98H69F13N4O10/c1-4-115(35-36-119-94(116)63-41-68(121-52-77-72-24-12-8-17-57(72)39-58-18-9-13-25-73(58)77)45-69(42-63)122-53-78-74-26-14-10-19-59(74)40-60-20-11-15-27-75(60)78)67-33-30-56(31-34-67)29-32-62-48-96(2,3)47-61(21-16-28-81-76(51-114)93(65(49-112)50-113)125-97(81,98(109,110)111)66-22-6-5-7-23-66)92(62)118-37-38-120-95(117)64-43-70(123-54-79-82(99)86(103)90(107)87(104)83(79)100)46-71(44-64)124-55-80-84(101)88(105)91(108)89(106)85(80)102/h5-34,39-46H,4,35-38,47-48,52-55H2,1-3H3/b28-16+,32-29+,61-21+. The summed E-state index contributed by atoms with van der Waals surface area (Å²) in [6.07, 6.45) is 2.07. The third kappa shape index (κ3) is 18.1. The van der Waals surface area contributed by atoms with Gasteiger partial charge in [0.1, 0.15) is 98.8 Å². The summed E-state index contributed by atoms with van der Waals surface area (Å²) in [4.78, 5) is 30.4. The van der Waals surface area contributed by atoms with Gasteiger partial charge in [-0.15, -0.1) is 0 Å². The Morgan fingerprint density at radius 1 is 0.472 bits per heavy atom. The van der Waals surface area contributed by atoms with Gasteiger partial charge in [-0.2, -0.15) is 29.0 Å². The average Bonchev–Trinajstić information content (AvgIpc) is 1.56. The predicted octanol–water partition coefficient (Wildman–Crippen LogP) is 23.7. The molecule has 14 rings (SSSR count). The van der Waals surface area contributed by atoms with Crippen LogP contribution in [0.25, 0.3) is 49.2 Å². The molecule has 0 fully saturated rings. The van der Waals surface area contributed by atoms with Gasteiger partial charge >= 0.3 is 18.1 Å². The van der Waals surface area contributed by atoms with Gasteiger partial charge < -0.3 is 42.8 Å². The molecule has 0 bridgehead atoms. The average molecular weight is 1710 g/mol. The molecule has 1 unspecified atom stereocenters. The Bertz CT molecular complexity index is 6210. The van der Waals surface area contributed by atoms with Gasteiger partial charge in [0.05, 0.1) is 28.8 Å². The van der Waals surface area contributed by atoms with Gasteiger partial charge in [0.2, 0.25) is 11.6 Å². The van der Waals surface area contributed by atoms with Gasteiger partial charge in [0.15, 0.2) is 57.9 Å². The van der Waals surface area contributed by atoms with Crippen LogP contribution in [0.3, 0.4) is 0 Å². The van der Waals surface area contributed by atoms with Crippen LogP contribution in [0.5, 0.6) is 23.0 Å². The summed E-state index contributed by atoms with van der Waals surface area (Å²) in [6.45, 7) is 2.59. The molecule has 0 spiro atoms. The van der Waals surface area contributed by atoms with Crippen LogP contribution in [-0.2, 0) is 51.0 Å². The van der Waals surface area contributed by atoms with Crippen molar-refractivity contribution in [2.75, 3.05) is 37.8 Å². The molecule has 125 heavy (non-hydrogen) atoms. The molecular weight excluding hydrogens is 1640 g/mol. The Kier molecular flexibility index (Phi) is 25.6. The maximum absolute atomic E-state index is 15.9. The number of alkyl halides is 3. The first-order valence-corrected chi connectivity index (χ1v) is 38.9. The second kappa shape index (κ2) is 36.9. The molecule has 1 aliphatic heterocycles. The molecule has 0 radical (unpaired) electrons. The summed E-state index contributed by atoms with van der Waals surface area (Å²) in [7, 11) is 0. The normalized spacial score (nSPS) is 14.9. The Hall–Kier alpha value is -14.8. The molecule has 0 aromatic heterocycles. The largest absolute Gasteiger partial charge is 0.489 e. The van der Waals surface area contributed by atoms with Crippen molar-refractivity contribution in [3.8, 4) is 41.2 Å². The number of hydrogen-bond acceptors (Lipinski definition) is 14. The van der Waals surface area contributed by atoms with E-state index in [9.17, 15) is 69.3 Å². The minimum atomic E-state index is -5.35. The SMILES string of the molecule is CCN(CCOC(=O)c1cc(OCc2c3ccccc3cc3ccccc23)cc(OCc2c3ccccc3cc3ccccc23)c1)c1ccc(/C=C/C2=C(OCCOC(=O)c3cc(OCc4c(F)c(F)c(F)c(F)c4F)cc(OCc4c(F)c(F)c(F)c(F)c4F)c3)C(=C/C=C/C3=C(C#N)C(=C(C#N)C#N)OC3(c3ccccc3)C(F)(F)F)/CC(C)(C)C2)cc1. The van der Waals surface area contributed by atoms with Crippen molar-refractivity contribution in [3.05, 3.63) is 367 Å². The zero-order chi connectivity index (χ0) is 88.6. The Morgan fingerprint density at radius 2 is 0.888 bits per heavy atom. The molecule has 0 amide bonds. The summed E-state index contributed by atoms with van der Waals surface area (Å²) in [6, 6.07) is 62.1. The second-order valence-corrected chi connectivity index (χ2v) is 29.8. The highest BCUT2D eigenvalue weighted by Gasteiger charge is 2.65. The van der Waals surface area contributed by atoms with E-state index in [1.807, 2.05) is 147 Å². The number of nitriles is 3. The van der Waals surface area contributed by atoms with E-state index in [0.29, 0.717) is 34.8 Å². The van der Waals surface area contributed by atoms with Gasteiger partial charge in [-0.1, -0.05) is 184 Å². The summed E-state index contributed by atoms with van der Waals surface area (Å²) in [5, 5.41) is 38.5. The van der Waals surface area contributed by atoms with Crippen molar-refractivity contribution in [2.24, 2.45) is 5.41 Å². The molecule has 1 aliphatic carbocycles. The van der Waals surface area contributed by atoms with Crippen LogP contribution < -0.4 is 23.8 Å². The summed E-state index contributed by atoms with van der Waals surface area (Å²) < 4.78 is 240. The highest BCUT2D eigenvalue weighted by Crippen LogP contribution is 2.56. The van der Waals surface area contributed by atoms with Crippen LogP contribution in [0, 0.1) is 97.6 Å². The van der Waals surface area contributed by atoms with Crippen molar-refractivity contribution in [3.63, 3.8) is 0 Å². The number of likely N-dealkylation sites (N-methyl/N-ethyl adjacent to an activating group) is 1. The molecule has 0 N–H and O–H groups in total. The highest BCUT2D eigenvalue weighted by atomic mass is 19.4. The van der Waals surface area contributed by atoms with E-state index in [1.54, 1.807) is 36.4 Å². The lowest BCUT2D eigenvalue weighted by Gasteiger charge is -2.34. The summed E-state index contributed by atoms with van der Waals surface area (Å²) in [5.74, 6) is -26.9. The summed E-state index contributed by atoms with van der Waals surface area (Å²) >= 11 is 0. The Balaban J connectivity index is 0.736. The van der Waals surface area contributed by atoms with E-state index in [1.165, 1.54) is 42.5 Å². The molecule has 12 aromatic rings. The van der Waals surface area contributed by atoms with E-state index in [2.05, 4.69) is 12.1 Å². The Labute approximate surface area is 706 Å². The quantitative estimate of drug-likeness (QED) is 0.00858. The first kappa shape index (κ1) is 86.6. The maximum atomic E-state index is 15.9. The van der Waals surface area contributed by atoms with Crippen molar-refractivity contribution < 1.29 is 105 Å². The van der Waals surface area contributed by atoms with Crippen molar-refractivity contribution in [2.45, 2.75) is 71.8 Å². The van der Waals surface area contributed by atoms with Gasteiger partial charge in [0, 0.05) is 46.6 Å². The van der Waals surface area contributed by atoms with Gasteiger partial charge in [-0.05, 0) is 134 Å². The first-order chi connectivity index (χ1) is 60.1. The van der Waals surface area contributed by atoms with E-state index in [-0.39, 0.29) is 50.5 Å². The van der Waals surface area contributed by atoms with E-state index in [4.69, 9.17) is 37.9 Å². The lowest BCUT2D eigenvalue weighted by atomic mass is 9.74. The second-order valence-electron chi connectivity index (χ2n) is 29.8. The number of esters is 2. The zero-order valence-corrected chi connectivity index (χ0v) is 66.5. The van der Waals surface area contributed by atoms with Crippen molar-refractivity contribution in [1.29, 1.82) is 15.8 Å². The molecule has 27 heteroatoms. The molecule has 1 atom stereocenters. The number of benzene rings is 12. The van der Waals surface area contributed by atoms with E-state index in [0.717, 1.165) is 96.3 Å². The van der Waals surface area contributed by atoms with Crippen LogP contribution >= 0.6 is 0 Å². The first-order valence-electron chi connectivity index (χ1n) is 38.9. The van der Waals surface area contributed by atoms with Gasteiger partial charge in [-0.3, -0.25) is 0 Å². The smallest absolute Gasteiger partial charge is 0.437 e. The van der Waals surface area contributed by atoms with Crippen LogP contribution in [0.2, 0.25) is 0 Å². The zero-order valence-electron chi connectivity index (χ0n) is 66.5. The molecule has 632 valence electrons. The van der Waals surface area contributed by atoms with Gasteiger partial charge in [-0.25, -0.2) is 53.5 Å². The van der Waals surface area contributed by atoms with Crippen molar-refractivity contribution >= 4 is 66.8 Å². The lowest BCUT2D eigenvalue weighted by Crippen LogP contribution is -2.43. The number of hydrogen-bond donors (Lipinski definition) is 0. The molecular formula is C98H69F13N4O10. The third-order valence-electron chi connectivity index (χ3n) is 21.2. The fourth-order valence-corrected chi connectivity index (χ4v) is 15.2. The lowest BCUT2D eigenvalue weighted by molar-refractivity contribution is -0.249. The number of allylic oxidation sites excluding steroid dienone is 7. The van der Waals surface area contributed by atoms with Crippen LogP contribution in [0.15, 0.2) is 264 Å². The molecule has 12 aromatic carbocycles. The minimum absolute atomic E-state index is 0.0569. The number of carbonyl (C=O) groups is 2. The number of carbonyl (C=O) groups excluding carboxylic acids is 2. The highest BCUT2D eigenvalue weighted by molar-refractivity contribution is 6.03. The summed E-state index contributed by atoms with van der Waals surface area (Å²) in [5.41, 5.74) is -6.43. The minimum Gasteiger partial charge on any atom is -0.489 e.